The molecular weight excluding hydrogens is 769 g/mol. The maximum atomic E-state index is 5.26. The minimum Gasteiger partial charge on any atom is -0.228 e. The van der Waals surface area contributed by atoms with Crippen LogP contribution in [0.3, 0.4) is 0 Å². The standard InChI is InChI=1S/C59H38N2S/c1-4-17-41(18-5-1)58-60-52(40-35-33-39(34-36-40)46-28-16-32-55-57(46)49-26-11-13-31-54(49)62-55)38-53(61-58)43-20-14-19-42(37-43)47-27-15-30-51-56(47)48-25-10-12-29-50(48)59(51,44-21-6-2-7-22-44)45-23-8-3-9-24-45/h1-38H. The summed E-state index contributed by atoms with van der Waals surface area (Å²) < 4.78 is 2.62. The summed E-state index contributed by atoms with van der Waals surface area (Å²) in [5.41, 5.74) is 16.8. The first-order chi connectivity index (χ1) is 30.7. The van der Waals surface area contributed by atoms with Gasteiger partial charge in [0.25, 0.3) is 0 Å². The molecule has 0 radical (unpaired) electrons. The molecule has 1 aliphatic carbocycles. The molecule has 290 valence electrons. The number of aromatic nitrogens is 2. The zero-order valence-electron chi connectivity index (χ0n) is 33.7. The number of hydrogen-bond donors (Lipinski definition) is 0. The number of nitrogens with zero attached hydrogens (tertiary/aromatic N) is 2. The molecule has 0 saturated carbocycles. The van der Waals surface area contributed by atoms with Crippen LogP contribution < -0.4 is 0 Å². The van der Waals surface area contributed by atoms with Crippen LogP contribution >= 0.6 is 11.3 Å². The van der Waals surface area contributed by atoms with Gasteiger partial charge < -0.3 is 0 Å². The fourth-order valence-electron chi connectivity index (χ4n) is 9.87. The molecule has 0 atom stereocenters. The molecule has 0 amide bonds. The molecule has 0 N–H and O–H groups in total. The maximum absolute atomic E-state index is 5.26. The van der Waals surface area contributed by atoms with E-state index in [2.05, 4.69) is 212 Å². The predicted octanol–water partition coefficient (Wildman–Crippen LogP) is 15.5. The molecule has 12 rings (SSSR count). The van der Waals surface area contributed by atoms with Gasteiger partial charge in [-0.25, -0.2) is 9.97 Å². The average molecular weight is 807 g/mol. The van der Waals surface area contributed by atoms with Crippen molar-refractivity contribution >= 4 is 31.5 Å². The first-order valence-corrected chi connectivity index (χ1v) is 22.0. The lowest BCUT2D eigenvalue weighted by atomic mass is 9.67. The molecule has 0 unspecified atom stereocenters. The zero-order chi connectivity index (χ0) is 41.0. The molecule has 0 bridgehead atoms. The normalized spacial score (nSPS) is 12.6. The van der Waals surface area contributed by atoms with Gasteiger partial charge in [-0.2, -0.15) is 0 Å². The molecule has 2 nitrogen and oxygen atoms in total. The van der Waals surface area contributed by atoms with Crippen LogP contribution in [0.25, 0.3) is 87.5 Å². The summed E-state index contributed by atoms with van der Waals surface area (Å²) in [5.74, 6) is 0.701. The quantitative estimate of drug-likeness (QED) is 0.160. The molecule has 0 fully saturated rings. The van der Waals surface area contributed by atoms with E-state index in [1.54, 1.807) is 0 Å². The highest BCUT2D eigenvalue weighted by Crippen LogP contribution is 2.58. The van der Waals surface area contributed by atoms with Gasteiger partial charge in [-0.3, -0.25) is 0 Å². The summed E-state index contributed by atoms with van der Waals surface area (Å²) >= 11 is 1.85. The van der Waals surface area contributed by atoms with Crippen LogP contribution in [0.4, 0.5) is 0 Å². The van der Waals surface area contributed by atoms with Crippen molar-refractivity contribution in [3.8, 4) is 67.3 Å². The van der Waals surface area contributed by atoms with Gasteiger partial charge in [-0.1, -0.05) is 206 Å². The van der Waals surface area contributed by atoms with Crippen molar-refractivity contribution in [2.24, 2.45) is 0 Å². The van der Waals surface area contributed by atoms with Crippen molar-refractivity contribution in [2.75, 3.05) is 0 Å². The van der Waals surface area contributed by atoms with Crippen LogP contribution in [0.2, 0.25) is 0 Å². The summed E-state index contributed by atoms with van der Waals surface area (Å²) in [4.78, 5) is 10.5. The van der Waals surface area contributed by atoms with Crippen molar-refractivity contribution in [3.63, 3.8) is 0 Å². The van der Waals surface area contributed by atoms with E-state index in [1.807, 2.05) is 29.5 Å². The first-order valence-electron chi connectivity index (χ1n) is 21.1. The van der Waals surface area contributed by atoms with E-state index in [0.717, 1.165) is 33.6 Å². The van der Waals surface area contributed by atoms with Crippen molar-refractivity contribution < 1.29 is 0 Å². The highest BCUT2D eigenvalue weighted by atomic mass is 32.1. The third kappa shape index (κ3) is 5.78. The number of benzene rings is 9. The van der Waals surface area contributed by atoms with E-state index < -0.39 is 5.41 Å². The van der Waals surface area contributed by atoms with Crippen LogP contribution in [-0.2, 0) is 5.41 Å². The monoisotopic (exact) mass is 806 g/mol. The van der Waals surface area contributed by atoms with Crippen LogP contribution in [-0.4, -0.2) is 9.97 Å². The summed E-state index contributed by atoms with van der Waals surface area (Å²) in [5, 5.41) is 2.62. The van der Waals surface area contributed by atoms with E-state index in [9.17, 15) is 0 Å². The minimum atomic E-state index is -0.465. The van der Waals surface area contributed by atoms with Crippen LogP contribution in [0, 0.1) is 0 Å². The van der Waals surface area contributed by atoms with Crippen molar-refractivity contribution in [1.82, 2.24) is 9.97 Å². The Kier molecular flexibility index (Phi) is 8.62. The van der Waals surface area contributed by atoms with Crippen molar-refractivity contribution in [1.29, 1.82) is 0 Å². The van der Waals surface area contributed by atoms with E-state index in [0.29, 0.717) is 5.82 Å². The van der Waals surface area contributed by atoms with Crippen LogP contribution in [0.5, 0.6) is 0 Å². The van der Waals surface area contributed by atoms with Gasteiger partial charge in [0.2, 0.25) is 0 Å². The number of rotatable bonds is 7. The van der Waals surface area contributed by atoms with Gasteiger partial charge in [-0.15, -0.1) is 11.3 Å². The summed E-state index contributed by atoms with van der Waals surface area (Å²) in [6.45, 7) is 0. The predicted molar refractivity (Wildman–Crippen MR) is 259 cm³/mol. The van der Waals surface area contributed by atoms with Gasteiger partial charge in [0.05, 0.1) is 16.8 Å². The van der Waals surface area contributed by atoms with Crippen molar-refractivity contribution in [2.45, 2.75) is 5.41 Å². The Morgan fingerprint density at radius 2 is 0.871 bits per heavy atom. The highest BCUT2D eigenvalue weighted by molar-refractivity contribution is 7.25. The Bertz CT molecular complexity index is 3400. The molecule has 2 heterocycles. The molecule has 1 aliphatic rings. The lowest BCUT2D eigenvalue weighted by molar-refractivity contribution is 0.768. The average Bonchev–Trinajstić information content (AvgIpc) is 3.89. The Labute approximate surface area is 365 Å². The van der Waals surface area contributed by atoms with Crippen molar-refractivity contribution in [3.05, 3.63) is 253 Å². The molecule has 0 aliphatic heterocycles. The Morgan fingerprint density at radius 1 is 0.339 bits per heavy atom. The van der Waals surface area contributed by atoms with Gasteiger partial charge >= 0.3 is 0 Å². The van der Waals surface area contributed by atoms with Crippen LogP contribution in [0.1, 0.15) is 22.3 Å². The maximum Gasteiger partial charge on any atom is 0.160 e. The van der Waals surface area contributed by atoms with E-state index in [4.69, 9.17) is 9.97 Å². The lowest BCUT2D eigenvalue weighted by Gasteiger charge is -2.34. The van der Waals surface area contributed by atoms with E-state index in [1.165, 1.54) is 70.2 Å². The Hall–Kier alpha value is -7.72. The number of fused-ring (bicyclic) bond motifs is 6. The van der Waals surface area contributed by atoms with Gasteiger partial charge in [0.15, 0.2) is 5.82 Å². The second-order valence-corrected chi connectivity index (χ2v) is 17.1. The largest absolute Gasteiger partial charge is 0.228 e. The number of hydrogen-bond acceptors (Lipinski definition) is 3. The Morgan fingerprint density at radius 3 is 1.65 bits per heavy atom. The number of thiophene rings is 1. The second kappa shape index (κ2) is 14.8. The zero-order valence-corrected chi connectivity index (χ0v) is 34.6. The molecule has 11 aromatic rings. The van der Waals surface area contributed by atoms with Gasteiger partial charge in [-0.05, 0) is 79.9 Å². The molecular formula is C59H38N2S. The second-order valence-electron chi connectivity index (χ2n) is 16.0. The smallest absolute Gasteiger partial charge is 0.160 e. The third-order valence-corrected chi connectivity index (χ3v) is 13.7. The Balaban J connectivity index is 0.993. The van der Waals surface area contributed by atoms with Gasteiger partial charge in [0, 0.05) is 36.9 Å². The molecule has 9 aromatic carbocycles. The summed E-state index contributed by atoms with van der Waals surface area (Å²) in [6.07, 6.45) is 0. The third-order valence-electron chi connectivity index (χ3n) is 12.6. The fraction of sp³-hybridized carbons (Fsp3) is 0.0169. The SMILES string of the molecule is c1ccc(-c2nc(-c3ccc(-c4cccc5sc6ccccc6c45)cc3)cc(-c3cccc(-c4cccc5c4-c4ccccc4C5(c4ccccc4)c4ccccc4)c3)n2)cc1. The van der Waals surface area contributed by atoms with E-state index >= 15 is 0 Å². The molecule has 3 heteroatoms. The molecule has 62 heavy (non-hydrogen) atoms. The minimum absolute atomic E-state index is 0.465. The summed E-state index contributed by atoms with van der Waals surface area (Å²) in [6, 6.07) is 83.4. The molecule has 2 aromatic heterocycles. The first kappa shape index (κ1) is 36.2. The fourth-order valence-corrected chi connectivity index (χ4v) is 11.0. The lowest BCUT2D eigenvalue weighted by Crippen LogP contribution is -2.28. The molecule has 0 saturated heterocycles. The van der Waals surface area contributed by atoms with Gasteiger partial charge in [0.1, 0.15) is 0 Å². The highest BCUT2D eigenvalue weighted by Gasteiger charge is 2.46. The van der Waals surface area contributed by atoms with Crippen LogP contribution in [0.15, 0.2) is 231 Å². The summed E-state index contributed by atoms with van der Waals surface area (Å²) in [7, 11) is 0. The van der Waals surface area contributed by atoms with E-state index in [-0.39, 0.29) is 0 Å². The topological polar surface area (TPSA) is 25.8 Å². The molecule has 0 spiro atoms.